The van der Waals surface area contributed by atoms with Gasteiger partial charge in [-0.15, -0.1) is 12.4 Å². The van der Waals surface area contributed by atoms with E-state index in [9.17, 15) is 4.79 Å². The molecule has 0 aliphatic carbocycles. The lowest BCUT2D eigenvalue weighted by atomic mass is 10.1. The number of furan rings is 1. The lowest BCUT2D eigenvalue weighted by molar-refractivity contribution is 0.0925. The Morgan fingerprint density at radius 1 is 1.09 bits per heavy atom. The average Bonchev–Trinajstić information content (AvgIpc) is 2.98. The molecule has 120 valence electrons. The molecule has 1 atom stereocenters. The van der Waals surface area contributed by atoms with Crippen LogP contribution in [0, 0.1) is 0 Å². The van der Waals surface area contributed by atoms with E-state index < -0.39 is 0 Å². The van der Waals surface area contributed by atoms with E-state index in [1.165, 1.54) is 0 Å². The van der Waals surface area contributed by atoms with Crippen molar-refractivity contribution in [3.63, 3.8) is 0 Å². The zero-order chi connectivity index (χ0) is 15.4. The van der Waals surface area contributed by atoms with Crippen LogP contribution in [0.3, 0.4) is 0 Å². The van der Waals surface area contributed by atoms with Gasteiger partial charge in [0.05, 0.1) is 0 Å². The van der Waals surface area contributed by atoms with Gasteiger partial charge < -0.3 is 15.5 Å². The first kappa shape index (κ1) is 17.1. The molecule has 0 radical (unpaired) electrons. The Morgan fingerprint density at radius 2 is 1.78 bits per heavy atom. The number of para-hydroxylation sites is 1. The van der Waals surface area contributed by atoms with Crippen LogP contribution in [-0.2, 0) is 6.42 Å². The molecule has 3 aromatic rings. The lowest BCUT2D eigenvalue weighted by Gasteiger charge is -2.12. The van der Waals surface area contributed by atoms with Crippen LogP contribution >= 0.6 is 12.4 Å². The van der Waals surface area contributed by atoms with Crippen LogP contribution in [0.1, 0.15) is 16.1 Å². The maximum absolute atomic E-state index is 12.1. The zero-order valence-corrected chi connectivity index (χ0v) is 13.4. The molecule has 0 aliphatic heterocycles. The molecular formula is C18H19ClN2O2. The third kappa shape index (κ3) is 4.34. The number of rotatable bonds is 5. The van der Waals surface area contributed by atoms with Crippen LogP contribution in [0.5, 0.6) is 0 Å². The highest BCUT2D eigenvalue weighted by molar-refractivity contribution is 5.96. The molecule has 3 rings (SSSR count). The second-order valence-electron chi connectivity index (χ2n) is 5.31. The van der Waals surface area contributed by atoms with Gasteiger partial charge in [0.2, 0.25) is 0 Å². The number of carbonyl (C=O) groups excluding carboxylic acids is 1. The van der Waals surface area contributed by atoms with Gasteiger partial charge in [-0.3, -0.25) is 4.79 Å². The second kappa shape index (κ2) is 7.81. The minimum Gasteiger partial charge on any atom is -0.451 e. The fourth-order valence-electron chi connectivity index (χ4n) is 2.39. The van der Waals surface area contributed by atoms with E-state index in [0.717, 1.165) is 17.4 Å². The van der Waals surface area contributed by atoms with Crippen molar-refractivity contribution in [2.45, 2.75) is 12.5 Å². The summed E-state index contributed by atoms with van der Waals surface area (Å²) < 4.78 is 5.53. The molecule has 4 nitrogen and oxygen atoms in total. The van der Waals surface area contributed by atoms with E-state index in [1.807, 2.05) is 54.6 Å². The first-order chi connectivity index (χ1) is 10.7. The summed E-state index contributed by atoms with van der Waals surface area (Å²) in [5.41, 5.74) is 7.93. The number of benzene rings is 2. The third-order valence-corrected chi connectivity index (χ3v) is 3.51. The molecule has 0 saturated heterocycles. The van der Waals surface area contributed by atoms with Crippen LogP contribution in [0.25, 0.3) is 11.0 Å². The molecular weight excluding hydrogens is 312 g/mol. The van der Waals surface area contributed by atoms with Gasteiger partial charge in [0.15, 0.2) is 5.76 Å². The second-order valence-corrected chi connectivity index (χ2v) is 5.31. The molecule has 0 spiro atoms. The van der Waals surface area contributed by atoms with Crippen LogP contribution in [0.4, 0.5) is 0 Å². The number of nitrogens with two attached hydrogens (primary N) is 1. The summed E-state index contributed by atoms with van der Waals surface area (Å²) in [5, 5.41) is 3.74. The molecule has 23 heavy (non-hydrogen) atoms. The zero-order valence-electron chi connectivity index (χ0n) is 12.6. The smallest absolute Gasteiger partial charge is 0.287 e. The Balaban J connectivity index is 0.00000192. The summed E-state index contributed by atoms with van der Waals surface area (Å²) in [4.78, 5) is 12.1. The van der Waals surface area contributed by atoms with E-state index >= 15 is 0 Å². The molecule has 3 N–H and O–H groups in total. The van der Waals surface area contributed by atoms with Crippen molar-refractivity contribution in [3.8, 4) is 0 Å². The van der Waals surface area contributed by atoms with E-state index in [1.54, 1.807) is 6.07 Å². The molecule has 1 amide bonds. The predicted octanol–water partition coefficient (Wildman–Crippen LogP) is 3.15. The van der Waals surface area contributed by atoms with Crippen molar-refractivity contribution in [2.24, 2.45) is 5.73 Å². The predicted molar refractivity (Wildman–Crippen MR) is 93.9 cm³/mol. The number of carbonyl (C=O) groups is 1. The summed E-state index contributed by atoms with van der Waals surface area (Å²) in [7, 11) is 0. The number of fused-ring (bicyclic) bond motifs is 1. The normalized spacial score (nSPS) is 11.7. The third-order valence-electron chi connectivity index (χ3n) is 3.51. The van der Waals surface area contributed by atoms with E-state index in [-0.39, 0.29) is 24.4 Å². The van der Waals surface area contributed by atoms with E-state index in [2.05, 4.69) is 5.32 Å². The van der Waals surface area contributed by atoms with Crippen LogP contribution in [0.15, 0.2) is 65.1 Å². The number of halogens is 1. The van der Waals surface area contributed by atoms with Gasteiger partial charge in [-0.05, 0) is 24.1 Å². The SMILES string of the molecule is Cl.N[C@H](CNC(=O)c1cc2ccccc2o1)Cc1ccccc1. The van der Waals surface area contributed by atoms with Crippen LogP contribution < -0.4 is 11.1 Å². The van der Waals surface area contributed by atoms with Gasteiger partial charge in [-0.25, -0.2) is 0 Å². The summed E-state index contributed by atoms with van der Waals surface area (Å²) in [5.74, 6) is 0.0767. The van der Waals surface area contributed by atoms with Crippen LogP contribution in [-0.4, -0.2) is 18.5 Å². The molecule has 1 aromatic heterocycles. The van der Waals surface area contributed by atoms with Gasteiger partial charge >= 0.3 is 0 Å². The number of hydrogen-bond acceptors (Lipinski definition) is 3. The van der Waals surface area contributed by atoms with Gasteiger partial charge in [0.25, 0.3) is 5.91 Å². The van der Waals surface area contributed by atoms with Crippen molar-refractivity contribution in [2.75, 3.05) is 6.54 Å². The van der Waals surface area contributed by atoms with Gasteiger partial charge in [-0.1, -0.05) is 48.5 Å². The highest BCUT2D eigenvalue weighted by Crippen LogP contribution is 2.18. The molecule has 0 saturated carbocycles. The highest BCUT2D eigenvalue weighted by atomic mass is 35.5. The van der Waals surface area contributed by atoms with Crippen molar-refractivity contribution in [1.29, 1.82) is 0 Å². The van der Waals surface area contributed by atoms with Gasteiger partial charge in [-0.2, -0.15) is 0 Å². The maximum atomic E-state index is 12.1. The Bertz CT molecular complexity index is 738. The van der Waals surface area contributed by atoms with Crippen molar-refractivity contribution >= 4 is 29.3 Å². The minimum absolute atomic E-state index is 0. The molecule has 5 heteroatoms. The number of hydrogen-bond donors (Lipinski definition) is 2. The van der Waals surface area contributed by atoms with E-state index in [4.69, 9.17) is 10.2 Å². The molecule has 0 bridgehead atoms. The van der Waals surface area contributed by atoms with Crippen molar-refractivity contribution in [1.82, 2.24) is 5.32 Å². The number of nitrogens with one attached hydrogen (secondary N) is 1. The average molecular weight is 331 g/mol. The fourth-order valence-corrected chi connectivity index (χ4v) is 2.39. The largest absolute Gasteiger partial charge is 0.451 e. The summed E-state index contributed by atoms with van der Waals surface area (Å²) in [6.45, 7) is 0.408. The Labute approximate surface area is 141 Å². The molecule has 2 aromatic carbocycles. The summed E-state index contributed by atoms with van der Waals surface area (Å²) in [6.07, 6.45) is 0.723. The molecule has 0 unspecified atom stereocenters. The first-order valence-corrected chi connectivity index (χ1v) is 7.28. The minimum atomic E-state index is -0.236. The lowest BCUT2D eigenvalue weighted by Crippen LogP contribution is -2.38. The van der Waals surface area contributed by atoms with E-state index in [0.29, 0.717) is 17.9 Å². The summed E-state index contributed by atoms with van der Waals surface area (Å²) in [6, 6.07) is 19.1. The standard InChI is InChI=1S/C18H18N2O2.ClH/c19-15(10-13-6-2-1-3-7-13)12-20-18(21)17-11-14-8-4-5-9-16(14)22-17;/h1-9,11,15H,10,12,19H2,(H,20,21);1H/t15-;/m0./s1. The summed E-state index contributed by atoms with van der Waals surface area (Å²) >= 11 is 0. The quantitative estimate of drug-likeness (QED) is 0.755. The Kier molecular flexibility index (Phi) is 5.79. The monoisotopic (exact) mass is 330 g/mol. The van der Waals surface area contributed by atoms with Gasteiger partial charge in [0, 0.05) is 18.0 Å². The number of amides is 1. The Morgan fingerprint density at radius 3 is 2.52 bits per heavy atom. The molecule has 1 heterocycles. The first-order valence-electron chi connectivity index (χ1n) is 7.28. The fraction of sp³-hybridized carbons (Fsp3) is 0.167. The van der Waals surface area contributed by atoms with Crippen molar-refractivity contribution < 1.29 is 9.21 Å². The van der Waals surface area contributed by atoms with Gasteiger partial charge in [0.1, 0.15) is 5.58 Å². The van der Waals surface area contributed by atoms with Crippen molar-refractivity contribution in [3.05, 3.63) is 72.0 Å². The topological polar surface area (TPSA) is 68.3 Å². The highest BCUT2D eigenvalue weighted by Gasteiger charge is 2.13. The van der Waals surface area contributed by atoms with Crippen LogP contribution in [0.2, 0.25) is 0 Å². The maximum Gasteiger partial charge on any atom is 0.287 e. The molecule has 0 aliphatic rings. The molecule has 0 fully saturated rings. The Hall–Kier alpha value is -2.30.